The third kappa shape index (κ3) is 5.55. The van der Waals surface area contributed by atoms with E-state index in [1.807, 2.05) is 6.07 Å². The Bertz CT molecular complexity index is 508. The van der Waals surface area contributed by atoms with Crippen molar-refractivity contribution in [3.8, 4) is 5.75 Å². The summed E-state index contributed by atoms with van der Waals surface area (Å²) in [4.78, 5) is 0. The van der Waals surface area contributed by atoms with Crippen molar-refractivity contribution in [2.24, 2.45) is 0 Å². The second-order valence-electron chi connectivity index (χ2n) is 3.92. The zero-order valence-corrected chi connectivity index (χ0v) is 14.1. The number of phosphoric ester groups is 1. The van der Waals surface area contributed by atoms with Crippen LogP contribution in [0, 0.1) is 13.8 Å². The number of hydrogen-bond acceptors (Lipinski definition) is 4. The summed E-state index contributed by atoms with van der Waals surface area (Å²) < 4.78 is 25.9. The maximum absolute atomic E-state index is 12.4. The lowest BCUT2D eigenvalue weighted by atomic mass is 10.1. The Morgan fingerprint density at radius 2 is 1.85 bits per heavy atom. The van der Waals surface area contributed by atoms with E-state index in [0.717, 1.165) is 17.4 Å². The molecular weight excluding hydrogens is 345 g/mol. The van der Waals surface area contributed by atoms with E-state index in [1.54, 1.807) is 26.0 Å². The molecule has 0 bridgehead atoms. The van der Waals surface area contributed by atoms with Gasteiger partial charge in [-0.25, -0.2) is 4.57 Å². The topological polar surface area (TPSA) is 44.8 Å². The average Bonchev–Trinajstić information content (AvgIpc) is 2.32. The van der Waals surface area contributed by atoms with Gasteiger partial charge in [0.2, 0.25) is 3.79 Å². The third-order valence-corrected chi connectivity index (χ3v) is 3.79. The fourth-order valence-corrected chi connectivity index (χ4v) is 2.97. The van der Waals surface area contributed by atoms with Crippen molar-refractivity contribution in [1.82, 2.24) is 0 Å². The molecule has 0 aliphatic carbocycles. The number of para-hydroxylation sites is 1. The van der Waals surface area contributed by atoms with E-state index in [1.165, 1.54) is 0 Å². The molecule has 0 amide bonds. The Labute approximate surface area is 133 Å². The minimum Gasteiger partial charge on any atom is -0.404 e. The molecule has 1 aromatic rings. The fourth-order valence-electron chi connectivity index (χ4n) is 1.38. The first kappa shape index (κ1) is 17.7. The Morgan fingerprint density at radius 3 is 2.30 bits per heavy atom. The quantitative estimate of drug-likeness (QED) is 0.391. The Kier molecular flexibility index (Phi) is 6.24. The molecule has 0 aliphatic heterocycles. The number of benzene rings is 1. The largest absolute Gasteiger partial charge is 0.587 e. The first-order valence-corrected chi connectivity index (χ1v) is 8.13. The molecule has 1 rings (SSSR count). The lowest BCUT2D eigenvalue weighted by Gasteiger charge is -2.21. The van der Waals surface area contributed by atoms with Gasteiger partial charge in [-0.3, -0.25) is 4.52 Å². The molecule has 8 heteroatoms. The van der Waals surface area contributed by atoms with Gasteiger partial charge >= 0.3 is 7.82 Å². The van der Waals surface area contributed by atoms with Crippen molar-refractivity contribution >= 4 is 42.6 Å². The highest BCUT2D eigenvalue weighted by Crippen LogP contribution is 2.52. The van der Waals surface area contributed by atoms with Crippen LogP contribution in [0.15, 0.2) is 31.0 Å². The normalized spacial score (nSPS) is 14.4. The fraction of sp³-hybridized carbons (Fsp3) is 0.333. The first-order valence-electron chi connectivity index (χ1n) is 5.53. The second kappa shape index (κ2) is 7.06. The highest BCUT2D eigenvalue weighted by atomic mass is 35.6. The summed E-state index contributed by atoms with van der Waals surface area (Å²) in [7, 11) is -3.96. The lowest BCUT2D eigenvalue weighted by molar-refractivity contribution is 0.197. The van der Waals surface area contributed by atoms with E-state index in [-0.39, 0.29) is 0 Å². The molecule has 1 aromatic carbocycles. The number of hydrogen-bond donors (Lipinski definition) is 0. The van der Waals surface area contributed by atoms with E-state index in [2.05, 4.69) is 6.58 Å². The van der Waals surface area contributed by atoms with Gasteiger partial charge in [0.05, 0.1) is 6.26 Å². The number of rotatable bonds is 6. The van der Waals surface area contributed by atoms with Crippen molar-refractivity contribution in [2.45, 2.75) is 17.6 Å². The van der Waals surface area contributed by atoms with Crippen LogP contribution in [0.2, 0.25) is 0 Å². The molecule has 1 atom stereocenters. The summed E-state index contributed by atoms with van der Waals surface area (Å²) in [6.07, 6.45) is 0.951. The van der Waals surface area contributed by atoms with Gasteiger partial charge < -0.3 is 9.05 Å². The van der Waals surface area contributed by atoms with E-state index in [0.29, 0.717) is 5.75 Å². The van der Waals surface area contributed by atoms with Gasteiger partial charge in [-0.2, -0.15) is 0 Å². The molecule has 0 saturated carbocycles. The summed E-state index contributed by atoms with van der Waals surface area (Å²) >= 11 is 16.7. The van der Waals surface area contributed by atoms with Gasteiger partial charge in [0.1, 0.15) is 12.4 Å². The second-order valence-corrected chi connectivity index (χ2v) is 7.98. The summed E-state index contributed by atoms with van der Waals surface area (Å²) in [5, 5.41) is 0. The number of alkyl halides is 3. The third-order valence-electron chi connectivity index (χ3n) is 2.20. The predicted molar refractivity (Wildman–Crippen MR) is 81.7 cm³/mol. The van der Waals surface area contributed by atoms with Crippen LogP contribution in [-0.4, -0.2) is 10.4 Å². The van der Waals surface area contributed by atoms with Crippen LogP contribution < -0.4 is 4.52 Å². The van der Waals surface area contributed by atoms with Crippen molar-refractivity contribution in [1.29, 1.82) is 0 Å². The van der Waals surface area contributed by atoms with Crippen LogP contribution in [0.5, 0.6) is 5.75 Å². The monoisotopic (exact) mass is 358 g/mol. The number of halogens is 3. The predicted octanol–water partition coefficient (Wildman–Crippen LogP) is 5.34. The Balaban J connectivity index is 2.97. The van der Waals surface area contributed by atoms with Crippen LogP contribution in [0.4, 0.5) is 0 Å². The first-order chi connectivity index (χ1) is 9.17. The summed E-state index contributed by atoms with van der Waals surface area (Å²) in [6, 6.07) is 5.45. The molecule has 0 aliphatic rings. The van der Waals surface area contributed by atoms with Gasteiger partial charge in [0.15, 0.2) is 0 Å². The molecule has 20 heavy (non-hydrogen) atoms. The summed E-state index contributed by atoms with van der Waals surface area (Å²) in [6.45, 7) is 6.47. The molecule has 0 spiro atoms. The molecule has 1 unspecified atom stereocenters. The average molecular weight is 360 g/mol. The molecule has 0 fully saturated rings. The van der Waals surface area contributed by atoms with E-state index < -0.39 is 18.2 Å². The molecule has 112 valence electrons. The maximum atomic E-state index is 12.4. The van der Waals surface area contributed by atoms with Gasteiger partial charge in [-0.15, -0.1) is 0 Å². The van der Waals surface area contributed by atoms with E-state index in [9.17, 15) is 4.57 Å². The molecule has 0 N–H and O–H groups in total. The maximum Gasteiger partial charge on any atom is 0.587 e. The van der Waals surface area contributed by atoms with Crippen LogP contribution in [0.25, 0.3) is 0 Å². The number of phosphoric acid groups is 1. The van der Waals surface area contributed by atoms with Crippen LogP contribution in [0.1, 0.15) is 11.1 Å². The minimum atomic E-state index is -3.96. The molecular formula is C12H14Cl3O4P. The Hall–Kier alpha value is -0.380. The van der Waals surface area contributed by atoms with Crippen molar-refractivity contribution in [3.05, 3.63) is 42.2 Å². The zero-order valence-electron chi connectivity index (χ0n) is 10.9. The van der Waals surface area contributed by atoms with Crippen LogP contribution in [0.3, 0.4) is 0 Å². The molecule has 4 nitrogen and oxygen atoms in total. The zero-order chi connectivity index (χ0) is 15.4. The summed E-state index contributed by atoms with van der Waals surface area (Å²) in [5.41, 5.74) is 1.55. The van der Waals surface area contributed by atoms with E-state index >= 15 is 0 Å². The standard InChI is InChI=1S/C12H14Cl3O4P/c1-4-17-20(16,18-8-12(13,14)15)19-11-9(2)6-5-7-10(11)3/h4-7H,1,8H2,2-3H3. The van der Waals surface area contributed by atoms with Gasteiger partial charge in [-0.1, -0.05) is 59.6 Å². The highest BCUT2D eigenvalue weighted by Gasteiger charge is 2.34. The van der Waals surface area contributed by atoms with Gasteiger partial charge in [0, 0.05) is 0 Å². The minimum absolute atomic E-state index is 0.391. The molecule has 0 aromatic heterocycles. The smallest absolute Gasteiger partial charge is 0.404 e. The van der Waals surface area contributed by atoms with E-state index in [4.69, 9.17) is 48.4 Å². The number of aryl methyl sites for hydroxylation is 2. The van der Waals surface area contributed by atoms with Gasteiger partial charge in [0.25, 0.3) is 0 Å². The summed E-state index contributed by atoms with van der Waals surface area (Å²) in [5.74, 6) is 0.391. The Morgan fingerprint density at radius 1 is 1.30 bits per heavy atom. The molecule has 0 saturated heterocycles. The lowest BCUT2D eigenvalue weighted by Crippen LogP contribution is -2.14. The van der Waals surface area contributed by atoms with Crippen LogP contribution >= 0.6 is 42.6 Å². The van der Waals surface area contributed by atoms with Gasteiger partial charge in [-0.05, 0) is 25.0 Å². The van der Waals surface area contributed by atoms with Crippen molar-refractivity contribution in [2.75, 3.05) is 6.61 Å². The SMILES string of the molecule is C=COP(=O)(OCC(Cl)(Cl)Cl)Oc1c(C)cccc1C. The van der Waals surface area contributed by atoms with Crippen molar-refractivity contribution < 1.29 is 18.1 Å². The van der Waals surface area contributed by atoms with Crippen molar-refractivity contribution in [3.63, 3.8) is 0 Å². The van der Waals surface area contributed by atoms with Crippen LogP contribution in [-0.2, 0) is 13.6 Å². The highest BCUT2D eigenvalue weighted by molar-refractivity contribution is 7.49. The molecule has 0 heterocycles. The molecule has 0 radical (unpaired) electrons.